The van der Waals surface area contributed by atoms with Crippen molar-refractivity contribution < 1.29 is 4.79 Å². The summed E-state index contributed by atoms with van der Waals surface area (Å²) in [5, 5.41) is 2.94. The first-order valence-electron chi connectivity index (χ1n) is 6.52. The maximum atomic E-state index is 12.0. The lowest BCUT2D eigenvalue weighted by molar-refractivity contribution is 0.0954. The zero-order chi connectivity index (χ0) is 14.5. The molecule has 4 nitrogen and oxygen atoms in total. The molecular weight excluding hydrogens is 270 g/mol. The van der Waals surface area contributed by atoms with Gasteiger partial charge in [-0.05, 0) is 31.2 Å². The number of aromatic nitrogens is 1. The number of rotatable bonds is 5. The first-order chi connectivity index (χ1) is 9.58. The molecule has 106 valence electrons. The Bertz CT molecular complexity index is 575. The number of anilines is 1. The number of aryl methyl sites for hydroxylation is 1. The first kappa shape index (κ1) is 14.5. The van der Waals surface area contributed by atoms with Crippen LogP contribution in [-0.2, 0) is 6.42 Å². The van der Waals surface area contributed by atoms with Crippen molar-refractivity contribution >= 4 is 22.9 Å². The molecule has 0 unspecified atom stereocenters. The Morgan fingerprint density at radius 3 is 2.55 bits per heavy atom. The third-order valence-electron chi connectivity index (χ3n) is 3.13. The highest BCUT2D eigenvalue weighted by Gasteiger charge is 2.06. The first-order valence-corrected chi connectivity index (χ1v) is 7.40. The van der Waals surface area contributed by atoms with Crippen LogP contribution in [0, 0.1) is 6.92 Å². The molecular formula is C15H19N3OS. The Balaban J connectivity index is 1.87. The van der Waals surface area contributed by atoms with Crippen LogP contribution in [0.5, 0.6) is 0 Å². The van der Waals surface area contributed by atoms with E-state index in [9.17, 15) is 4.79 Å². The van der Waals surface area contributed by atoms with Crippen LogP contribution >= 0.6 is 11.3 Å². The summed E-state index contributed by atoms with van der Waals surface area (Å²) in [6.07, 6.45) is 0.831. The molecule has 0 saturated carbocycles. The van der Waals surface area contributed by atoms with Gasteiger partial charge >= 0.3 is 0 Å². The van der Waals surface area contributed by atoms with E-state index in [0.29, 0.717) is 12.1 Å². The SMILES string of the molecule is Cc1ncsc1CCNC(=O)c1ccc(N(C)C)cc1. The maximum absolute atomic E-state index is 12.0. The Morgan fingerprint density at radius 2 is 2.00 bits per heavy atom. The Hall–Kier alpha value is -1.88. The number of nitrogens with one attached hydrogen (secondary N) is 1. The van der Waals surface area contributed by atoms with E-state index in [0.717, 1.165) is 17.8 Å². The van der Waals surface area contributed by atoms with Gasteiger partial charge in [0, 0.05) is 43.2 Å². The van der Waals surface area contributed by atoms with Gasteiger partial charge < -0.3 is 10.2 Å². The number of carbonyl (C=O) groups is 1. The molecule has 0 aliphatic heterocycles. The summed E-state index contributed by atoms with van der Waals surface area (Å²) < 4.78 is 0. The molecule has 1 heterocycles. The third kappa shape index (κ3) is 3.57. The molecule has 2 rings (SSSR count). The van der Waals surface area contributed by atoms with Crippen molar-refractivity contribution in [1.29, 1.82) is 0 Å². The normalized spacial score (nSPS) is 10.3. The highest BCUT2D eigenvalue weighted by Crippen LogP contribution is 2.13. The van der Waals surface area contributed by atoms with Gasteiger partial charge in [0.15, 0.2) is 0 Å². The van der Waals surface area contributed by atoms with E-state index in [2.05, 4.69) is 10.3 Å². The molecule has 0 saturated heterocycles. The Kier molecular flexibility index (Phi) is 4.74. The van der Waals surface area contributed by atoms with Crippen LogP contribution < -0.4 is 10.2 Å². The van der Waals surface area contributed by atoms with E-state index in [4.69, 9.17) is 0 Å². The molecule has 0 radical (unpaired) electrons. The number of hydrogen-bond donors (Lipinski definition) is 1. The van der Waals surface area contributed by atoms with Crippen molar-refractivity contribution in [3.63, 3.8) is 0 Å². The maximum Gasteiger partial charge on any atom is 0.251 e. The fraction of sp³-hybridized carbons (Fsp3) is 0.333. The molecule has 20 heavy (non-hydrogen) atoms. The lowest BCUT2D eigenvalue weighted by Gasteiger charge is -2.12. The highest BCUT2D eigenvalue weighted by molar-refractivity contribution is 7.09. The molecule has 0 bridgehead atoms. The number of thiazole rings is 1. The number of benzene rings is 1. The monoisotopic (exact) mass is 289 g/mol. The topological polar surface area (TPSA) is 45.2 Å². The lowest BCUT2D eigenvalue weighted by Crippen LogP contribution is -2.25. The second-order valence-corrected chi connectivity index (χ2v) is 5.75. The van der Waals surface area contributed by atoms with Crippen LogP contribution in [0.4, 0.5) is 5.69 Å². The van der Waals surface area contributed by atoms with Gasteiger partial charge in [-0.3, -0.25) is 4.79 Å². The molecule has 0 atom stereocenters. The minimum Gasteiger partial charge on any atom is -0.378 e. The summed E-state index contributed by atoms with van der Waals surface area (Å²) in [6, 6.07) is 7.59. The summed E-state index contributed by atoms with van der Waals surface area (Å²) in [7, 11) is 3.96. The zero-order valence-corrected chi connectivity index (χ0v) is 12.8. The standard InChI is InChI=1S/C15H19N3OS/c1-11-14(20-10-17-11)8-9-16-15(19)12-4-6-13(7-5-12)18(2)3/h4-7,10H,8-9H2,1-3H3,(H,16,19). The van der Waals surface area contributed by atoms with Crippen LogP contribution in [0.3, 0.4) is 0 Å². The second kappa shape index (κ2) is 6.52. The predicted octanol–water partition coefficient (Wildman–Crippen LogP) is 2.49. The van der Waals surface area contributed by atoms with Crippen LogP contribution in [0.2, 0.25) is 0 Å². The van der Waals surface area contributed by atoms with Crippen LogP contribution in [0.1, 0.15) is 20.9 Å². The van der Waals surface area contributed by atoms with E-state index >= 15 is 0 Å². The van der Waals surface area contributed by atoms with Gasteiger partial charge in [0.1, 0.15) is 0 Å². The number of amides is 1. The molecule has 1 N–H and O–H groups in total. The van der Waals surface area contributed by atoms with Crippen LogP contribution in [-0.4, -0.2) is 31.5 Å². The van der Waals surface area contributed by atoms with Crippen molar-refractivity contribution in [3.05, 3.63) is 45.9 Å². The Morgan fingerprint density at radius 1 is 1.30 bits per heavy atom. The summed E-state index contributed by atoms with van der Waals surface area (Å²) in [6.45, 7) is 2.63. The fourth-order valence-corrected chi connectivity index (χ4v) is 2.65. The zero-order valence-electron chi connectivity index (χ0n) is 12.0. The highest BCUT2D eigenvalue weighted by atomic mass is 32.1. The van der Waals surface area contributed by atoms with Crippen molar-refractivity contribution in [2.45, 2.75) is 13.3 Å². The van der Waals surface area contributed by atoms with Gasteiger partial charge in [-0.25, -0.2) is 4.98 Å². The van der Waals surface area contributed by atoms with E-state index < -0.39 is 0 Å². The quantitative estimate of drug-likeness (QED) is 0.920. The van der Waals surface area contributed by atoms with E-state index in [1.54, 1.807) is 11.3 Å². The van der Waals surface area contributed by atoms with Gasteiger partial charge in [0.05, 0.1) is 11.2 Å². The van der Waals surface area contributed by atoms with Crippen LogP contribution in [0.15, 0.2) is 29.8 Å². The van der Waals surface area contributed by atoms with Gasteiger partial charge in [-0.1, -0.05) is 0 Å². The Labute approximate surface area is 123 Å². The lowest BCUT2D eigenvalue weighted by atomic mass is 10.2. The minimum atomic E-state index is -0.0301. The number of carbonyl (C=O) groups excluding carboxylic acids is 1. The smallest absolute Gasteiger partial charge is 0.251 e. The van der Waals surface area contributed by atoms with Gasteiger partial charge in [-0.2, -0.15) is 0 Å². The van der Waals surface area contributed by atoms with Crippen molar-refractivity contribution in [3.8, 4) is 0 Å². The van der Waals surface area contributed by atoms with Gasteiger partial charge in [0.25, 0.3) is 5.91 Å². The summed E-state index contributed by atoms with van der Waals surface area (Å²) >= 11 is 1.63. The second-order valence-electron chi connectivity index (χ2n) is 4.81. The summed E-state index contributed by atoms with van der Waals surface area (Å²) in [5.74, 6) is -0.0301. The molecule has 0 aliphatic rings. The fourth-order valence-electron chi connectivity index (χ4n) is 1.87. The number of nitrogens with zero attached hydrogens (tertiary/aromatic N) is 2. The summed E-state index contributed by atoms with van der Waals surface area (Å²) in [5.41, 5.74) is 4.67. The molecule has 1 aromatic heterocycles. The average Bonchev–Trinajstić information content (AvgIpc) is 2.84. The molecule has 2 aromatic rings. The largest absolute Gasteiger partial charge is 0.378 e. The van der Waals surface area contributed by atoms with Crippen molar-refractivity contribution in [2.24, 2.45) is 0 Å². The number of hydrogen-bond acceptors (Lipinski definition) is 4. The predicted molar refractivity (Wildman–Crippen MR) is 83.7 cm³/mol. The molecule has 0 aliphatic carbocycles. The molecule has 0 fully saturated rings. The third-order valence-corrected chi connectivity index (χ3v) is 4.12. The van der Waals surface area contributed by atoms with E-state index in [1.165, 1.54) is 4.88 Å². The molecule has 1 aromatic carbocycles. The van der Waals surface area contributed by atoms with Gasteiger partial charge in [0.2, 0.25) is 0 Å². The average molecular weight is 289 g/mol. The molecule has 5 heteroatoms. The van der Waals surface area contributed by atoms with Crippen LogP contribution in [0.25, 0.3) is 0 Å². The van der Waals surface area contributed by atoms with E-state index in [-0.39, 0.29) is 5.91 Å². The van der Waals surface area contributed by atoms with Crippen molar-refractivity contribution in [1.82, 2.24) is 10.3 Å². The minimum absolute atomic E-state index is 0.0301. The van der Waals surface area contributed by atoms with Gasteiger partial charge in [-0.15, -0.1) is 11.3 Å². The molecule has 0 spiro atoms. The van der Waals surface area contributed by atoms with Crippen molar-refractivity contribution in [2.75, 3.05) is 25.5 Å². The van der Waals surface area contributed by atoms with E-state index in [1.807, 2.05) is 55.7 Å². The summed E-state index contributed by atoms with van der Waals surface area (Å²) in [4.78, 5) is 19.4. The molecule has 1 amide bonds.